The molecule has 3 heterocycles. The number of rotatable bonds is 6. The number of hydrogen-bond donors (Lipinski definition) is 2. The minimum atomic E-state index is -3.61. The average molecular weight is 364 g/mol. The Kier molecular flexibility index (Phi) is 5.47. The molecule has 0 saturated carbocycles. The molecule has 0 aromatic carbocycles. The van der Waals surface area contributed by atoms with Gasteiger partial charge in [-0.2, -0.15) is 4.31 Å². The highest BCUT2D eigenvalue weighted by molar-refractivity contribution is 7.89. The van der Waals surface area contributed by atoms with E-state index in [4.69, 9.17) is 4.74 Å². The number of nitrogens with one attached hydrogen (secondary N) is 2. The van der Waals surface area contributed by atoms with E-state index < -0.39 is 10.0 Å². The minimum absolute atomic E-state index is 0.0873. The first kappa shape index (κ1) is 17.6. The Morgan fingerprint density at radius 2 is 2.12 bits per heavy atom. The van der Waals surface area contributed by atoms with E-state index in [9.17, 15) is 13.2 Å². The molecule has 1 aliphatic rings. The quantitative estimate of drug-likeness (QED) is 0.772. The van der Waals surface area contributed by atoms with Crippen molar-refractivity contribution >= 4 is 15.9 Å². The summed E-state index contributed by atoms with van der Waals surface area (Å²) in [7, 11) is -3.61. The summed E-state index contributed by atoms with van der Waals surface area (Å²) in [6.07, 6.45) is 3.65. The third-order valence-corrected chi connectivity index (χ3v) is 5.78. The standard InChI is InChI=1S/C16H20N4O4S/c21-16(18-6-4-13-3-1-2-5-17-13)15-11-14(12-19-15)25(22,23)20-7-9-24-10-8-20/h1-3,5,11-12,19H,4,6-10H2,(H,18,21). The molecule has 2 aromatic heterocycles. The molecule has 1 fully saturated rings. The highest BCUT2D eigenvalue weighted by Crippen LogP contribution is 2.18. The molecule has 25 heavy (non-hydrogen) atoms. The van der Waals surface area contributed by atoms with Crippen molar-refractivity contribution in [3.63, 3.8) is 0 Å². The topological polar surface area (TPSA) is 104 Å². The number of amides is 1. The second-order valence-electron chi connectivity index (χ2n) is 5.59. The van der Waals surface area contributed by atoms with E-state index in [0.29, 0.717) is 39.3 Å². The second-order valence-corrected chi connectivity index (χ2v) is 7.53. The lowest BCUT2D eigenvalue weighted by molar-refractivity contribution is 0.0730. The van der Waals surface area contributed by atoms with Crippen LogP contribution in [0.3, 0.4) is 0 Å². The molecule has 2 aromatic rings. The highest BCUT2D eigenvalue weighted by Gasteiger charge is 2.27. The van der Waals surface area contributed by atoms with Gasteiger partial charge in [0.25, 0.3) is 5.91 Å². The van der Waals surface area contributed by atoms with E-state index in [-0.39, 0.29) is 16.5 Å². The maximum absolute atomic E-state index is 12.5. The maximum Gasteiger partial charge on any atom is 0.267 e. The Morgan fingerprint density at radius 1 is 1.32 bits per heavy atom. The van der Waals surface area contributed by atoms with E-state index in [2.05, 4.69) is 15.3 Å². The number of aromatic amines is 1. The van der Waals surface area contributed by atoms with Crippen molar-refractivity contribution in [1.82, 2.24) is 19.6 Å². The van der Waals surface area contributed by atoms with Gasteiger partial charge in [-0.05, 0) is 18.2 Å². The number of carbonyl (C=O) groups is 1. The molecule has 0 unspecified atom stereocenters. The summed E-state index contributed by atoms with van der Waals surface area (Å²) in [6.45, 7) is 1.81. The third kappa shape index (κ3) is 4.25. The normalized spacial score (nSPS) is 15.8. The molecule has 0 atom stereocenters. The van der Waals surface area contributed by atoms with Gasteiger partial charge in [0.2, 0.25) is 10.0 Å². The van der Waals surface area contributed by atoms with E-state index in [1.807, 2.05) is 18.2 Å². The molecule has 1 amide bonds. The lowest BCUT2D eigenvalue weighted by Gasteiger charge is -2.25. The number of ether oxygens (including phenoxy) is 1. The number of morpholine rings is 1. The summed E-state index contributed by atoms with van der Waals surface area (Å²) in [5.74, 6) is -0.348. The van der Waals surface area contributed by atoms with Crippen LogP contribution in [-0.2, 0) is 21.2 Å². The summed E-state index contributed by atoms with van der Waals surface area (Å²) >= 11 is 0. The Bertz CT molecular complexity index is 814. The van der Waals surface area contributed by atoms with Crippen LogP contribution in [0.5, 0.6) is 0 Å². The van der Waals surface area contributed by atoms with Crippen LogP contribution in [0.1, 0.15) is 16.2 Å². The fraction of sp³-hybridized carbons (Fsp3) is 0.375. The maximum atomic E-state index is 12.5. The van der Waals surface area contributed by atoms with Crippen LogP contribution in [-0.4, -0.2) is 61.4 Å². The van der Waals surface area contributed by atoms with Crippen LogP contribution in [0.4, 0.5) is 0 Å². The summed E-state index contributed by atoms with van der Waals surface area (Å²) in [5.41, 5.74) is 1.10. The molecule has 0 radical (unpaired) electrons. The number of nitrogens with zero attached hydrogens (tertiary/aromatic N) is 2. The van der Waals surface area contributed by atoms with Gasteiger partial charge in [-0.1, -0.05) is 6.07 Å². The van der Waals surface area contributed by atoms with Crippen molar-refractivity contribution < 1.29 is 17.9 Å². The summed E-state index contributed by atoms with van der Waals surface area (Å²) in [5, 5.41) is 2.75. The number of H-pyrrole nitrogens is 1. The van der Waals surface area contributed by atoms with E-state index in [1.165, 1.54) is 16.6 Å². The first-order valence-corrected chi connectivity index (χ1v) is 9.46. The fourth-order valence-corrected chi connectivity index (χ4v) is 3.94. The molecule has 1 saturated heterocycles. The lowest BCUT2D eigenvalue weighted by atomic mass is 10.2. The zero-order chi connectivity index (χ0) is 17.7. The Balaban J connectivity index is 1.59. The third-order valence-electron chi connectivity index (χ3n) is 3.90. The molecule has 134 valence electrons. The molecular weight excluding hydrogens is 344 g/mol. The smallest absolute Gasteiger partial charge is 0.267 e. The van der Waals surface area contributed by atoms with Gasteiger partial charge in [0.05, 0.1) is 13.2 Å². The first-order chi connectivity index (χ1) is 12.1. The van der Waals surface area contributed by atoms with Crippen LogP contribution in [0.15, 0.2) is 41.6 Å². The van der Waals surface area contributed by atoms with Crippen molar-refractivity contribution in [2.24, 2.45) is 0 Å². The molecule has 2 N–H and O–H groups in total. The predicted octanol–water partition coefficient (Wildman–Crippen LogP) is 0.403. The molecule has 9 heteroatoms. The van der Waals surface area contributed by atoms with Gasteiger partial charge in [-0.15, -0.1) is 0 Å². The summed E-state index contributed by atoms with van der Waals surface area (Å²) < 4.78 is 31.6. The second kappa shape index (κ2) is 7.77. The monoisotopic (exact) mass is 364 g/mol. The average Bonchev–Trinajstić information content (AvgIpc) is 3.14. The molecule has 0 bridgehead atoms. The van der Waals surface area contributed by atoms with Crippen molar-refractivity contribution in [1.29, 1.82) is 0 Å². The van der Waals surface area contributed by atoms with Gasteiger partial charge < -0.3 is 15.0 Å². The highest BCUT2D eigenvalue weighted by atomic mass is 32.2. The van der Waals surface area contributed by atoms with Crippen LogP contribution >= 0.6 is 0 Å². The molecular formula is C16H20N4O4S. The molecule has 3 rings (SSSR count). The zero-order valence-electron chi connectivity index (χ0n) is 13.6. The van der Waals surface area contributed by atoms with Gasteiger partial charge in [0.15, 0.2) is 0 Å². The Morgan fingerprint density at radius 3 is 2.84 bits per heavy atom. The van der Waals surface area contributed by atoms with Crippen LogP contribution in [0.2, 0.25) is 0 Å². The molecule has 1 aliphatic heterocycles. The van der Waals surface area contributed by atoms with Gasteiger partial charge in [0, 0.05) is 44.1 Å². The largest absolute Gasteiger partial charge is 0.379 e. The number of sulfonamides is 1. The van der Waals surface area contributed by atoms with Gasteiger partial charge in [0.1, 0.15) is 10.6 Å². The molecule has 0 spiro atoms. The zero-order valence-corrected chi connectivity index (χ0v) is 14.5. The number of hydrogen-bond acceptors (Lipinski definition) is 5. The minimum Gasteiger partial charge on any atom is -0.379 e. The van der Waals surface area contributed by atoms with Crippen molar-refractivity contribution in [2.45, 2.75) is 11.3 Å². The van der Waals surface area contributed by atoms with Crippen molar-refractivity contribution in [3.05, 3.63) is 48.0 Å². The summed E-state index contributed by atoms with van der Waals surface area (Å²) in [4.78, 5) is 19.2. The number of carbonyl (C=O) groups excluding carboxylic acids is 1. The number of pyridine rings is 1. The number of aromatic nitrogens is 2. The van der Waals surface area contributed by atoms with Crippen molar-refractivity contribution in [3.8, 4) is 0 Å². The van der Waals surface area contributed by atoms with Crippen LogP contribution < -0.4 is 5.32 Å². The van der Waals surface area contributed by atoms with E-state index in [1.54, 1.807) is 6.20 Å². The van der Waals surface area contributed by atoms with Gasteiger partial charge in [-0.25, -0.2) is 8.42 Å². The van der Waals surface area contributed by atoms with Crippen LogP contribution in [0.25, 0.3) is 0 Å². The Labute approximate surface area is 146 Å². The van der Waals surface area contributed by atoms with Crippen LogP contribution in [0, 0.1) is 0 Å². The Hall–Kier alpha value is -2.23. The predicted molar refractivity (Wildman–Crippen MR) is 90.6 cm³/mol. The first-order valence-electron chi connectivity index (χ1n) is 8.02. The van der Waals surface area contributed by atoms with E-state index >= 15 is 0 Å². The van der Waals surface area contributed by atoms with E-state index in [0.717, 1.165) is 5.69 Å². The SMILES string of the molecule is O=C(NCCc1ccccn1)c1cc(S(=O)(=O)N2CCOCC2)c[nH]1. The lowest BCUT2D eigenvalue weighted by Crippen LogP contribution is -2.40. The van der Waals surface area contributed by atoms with Gasteiger partial charge in [-0.3, -0.25) is 9.78 Å². The van der Waals surface area contributed by atoms with Gasteiger partial charge >= 0.3 is 0 Å². The molecule has 0 aliphatic carbocycles. The fourth-order valence-electron chi connectivity index (χ4n) is 2.54. The molecule has 8 nitrogen and oxygen atoms in total. The summed E-state index contributed by atoms with van der Waals surface area (Å²) in [6, 6.07) is 6.96. The van der Waals surface area contributed by atoms with Crippen molar-refractivity contribution in [2.75, 3.05) is 32.8 Å².